The first kappa shape index (κ1) is 13.6. The van der Waals surface area contributed by atoms with Crippen LogP contribution in [0.1, 0.15) is 15.2 Å². The first-order valence-electron chi connectivity index (χ1n) is 6.39. The molecule has 3 rings (SSSR count). The average molecular weight is 300 g/mol. The third-order valence-electron chi connectivity index (χ3n) is 3.16. The Morgan fingerprint density at radius 2 is 2.00 bits per heavy atom. The van der Waals surface area contributed by atoms with Crippen molar-refractivity contribution < 1.29 is 9.18 Å². The molecule has 3 aromatic rings. The predicted octanol–water partition coefficient (Wildman–Crippen LogP) is 4.18. The summed E-state index contributed by atoms with van der Waals surface area (Å²) in [7, 11) is 0. The van der Waals surface area contributed by atoms with Gasteiger partial charge in [0.25, 0.3) is 5.91 Å². The lowest BCUT2D eigenvalue weighted by Crippen LogP contribution is -2.11. The molecular formula is C16H13FN2OS. The molecule has 1 aromatic heterocycles. The fourth-order valence-corrected chi connectivity index (χ4v) is 3.06. The minimum Gasteiger partial charge on any atom is -0.397 e. The van der Waals surface area contributed by atoms with Gasteiger partial charge in [0.05, 0.1) is 16.3 Å². The van der Waals surface area contributed by atoms with E-state index < -0.39 is 0 Å². The smallest absolute Gasteiger partial charge is 0.265 e. The van der Waals surface area contributed by atoms with E-state index in [-0.39, 0.29) is 11.7 Å². The summed E-state index contributed by atoms with van der Waals surface area (Å²) in [5, 5.41) is 3.65. The van der Waals surface area contributed by atoms with E-state index in [0.29, 0.717) is 16.3 Å². The Morgan fingerprint density at radius 3 is 2.81 bits per heavy atom. The van der Waals surface area contributed by atoms with Gasteiger partial charge in [-0.05, 0) is 48.2 Å². The van der Waals surface area contributed by atoms with Gasteiger partial charge in [-0.25, -0.2) is 4.39 Å². The van der Waals surface area contributed by atoms with Crippen molar-refractivity contribution in [2.24, 2.45) is 0 Å². The summed E-state index contributed by atoms with van der Waals surface area (Å²) in [6, 6.07) is 11.7. The Morgan fingerprint density at radius 1 is 1.19 bits per heavy atom. The number of amides is 1. The SMILES string of the molecule is Cc1ccc(N)c(NC(=O)c2cc3ccc(F)cc3s2)c1. The van der Waals surface area contributed by atoms with E-state index >= 15 is 0 Å². The van der Waals surface area contributed by atoms with Gasteiger partial charge in [0.1, 0.15) is 5.82 Å². The van der Waals surface area contributed by atoms with Crippen molar-refractivity contribution in [3.8, 4) is 0 Å². The lowest BCUT2D eigenvalue weighted by atomic mass is 10.2. The average Bonchev–Trinajstić information content (AvgIpc) is 2.86. The van der Waals surface area contributed by atoms with Crippen LogP contribution >= 0.6 is 11.3 Å². The fraction of sp³-hybridized carbons (Fsp3) is 0.0625. The van der Waals surface area contributed by atoms with Crippen LogP contribution < -0.4 is 11.1 Å². The largest absolute Gasteiger partial charge is 0.397 e. The first-order valence-corrected chi connectivity index (χ1v) is 7.21. The molecule has 106 valence electrons. The second-order valence-electron chi connectivity index (χ2n) is 4.84. The summed E-state index contributed by atoms with van der Waals surface area (Å²) in [4.78, 5) is 12.8. The Labute approximate surface area is 125 Å². The van der Waals surface area contributed by atoms with Crippen LogP contribution in [-0.2, 0) is 0 Å². The molecule has 3 nitrogen and oxygen atoms in total. The quantitative estimate of drug-likeness (QED) is 0.697. The molecule has 0 spiro atoms. The van der Waals surface area contributed by atoms with Crippen molar-refractivity contribution in [2.75, 3.05) is 11.1 Å². The van der Waals surface area contributed by atoms with Gasteiger partial charge in [-0.3, -0.25) is 4.79 Å². The number of aryl methyl sites for hydroxylation is 1. The van der Waals surface area contributed by atoms with Crippen LogP contribution in [0, 0.1) is 12.7 Å². The van der Waals surface area contributed by atoms with Gasteiger partial charge >= 0.3 is 0 Å². The molecule has 0 unspecified atom stereocenters. The van der Waals surface area contributed by atoms with Gasteiger partial charge < -0.3 is 11.1 Å². The van der Waals surface area contributed by atoms with E-state index in [1.165, 1.54) is 23.5 Å². The molecule has 0 aliphatic heterocycles. The fourth-order valence-electron chi connectivity index (χ4n) is 2.08. The number of rotatable bonds is 2. The Balaban J connectivity index is 1.91. The molecule has 0 saturated heterocycles. The summed E-state index contributed by atoms with van der Waals surface area (Å²) >= 11 is 1.26. The minimum absolute atomic E-state index is 0.242. The summed E-state index contributed by atoms with van der Waals surface area (Å²) in [6.45, 7) is 1.93. The van der Waals surface area contributed by atoms with E-state index in [1.54, 1.807) is 18.2 Å². The molecular weight excluding hydrogens is 287 g/mol. The lowest BCUT2D eigenvalue weighted by Gasteiger charge is -2.07. The van der Waals surface area contributed by atoms with Crippen LogP contribution in [0.4, 0.5) is 15.8 Å². The maximum Gasteiger partial charge on any atom is 0.265 e. The standard InChI is InChI=1S/C16H13FN2OS/c1-9-2-5-12(18)13(6-9)19-16(20)15-7-10-3-4-11(17)8-14(10)21-15/h2-8H,18H2,1H3,(H,19,20). The number of carbonyl (C=O) groups excluding carboxylic acids is 1. The van der Waals surface area contributed by atoms with Gasteiger partial charge in [-0.1, -0.05) is 12.1 Å². The molecule has 0 radical (unpaired) electrons. The second kappa shape index (κ2) is 5.18. The number of halogens is 1. The number of hydrogen-bond donors (Lipinski definition) is 2. The molecule has 1 heterocycles. The maximum atomic E-state index is 13.2. The van der Waals surface area contributed by atoms with Gasteiger partial charge in [0.15, 0.2) is 0 Å². The molecule has 0 fully saturated rings. The minimum atomic E-state index is -0.306. The number of thiophene rings is 1. The van der Waals surface area contributed by atoms with Crippen molar-refractivity contribution in [3.05, 3.63) is 58.7 Å². The third-order valence-corrected chi connectivity index (χ3v) is 4.26. The topological polar surface area (TPSA) is 55.1 Å². The van der Waals surface area contributed by atoms with Crippen LogP contribution in [-0.4, -0.2) is 5.91 Å². The van der Waals surface area contributed by atoms with Gasteiger partial charge in [0, 0.05) is 4.70 Å². The Bertz CT molecular complexity index is 841. The van der Waals surface area contributed by atoms with E-state index in [0.717, 1.165) is 15.6 Å². The lowest BCUT2D eigenvalue weighted by molar-refractivity contribution is 0.103. The highest BCUT2D eigenvalue weighted by atomic mass is 32.1. The van der Waals surface area contributed by atoms with Crippen molar-refractivity contribution >= 4 is 38.7 Å². The zero-order valence-corrected chi connectivity index (χ0v) is 12.1. The maximum absolute atomic E-state index is 13.2. The number of hydrogen-bond acceptors (Lipinski definition) is 3. The van der Waals surface area contributed by atoms with Crippen LogP contribution in [0.3, 0.4) is 0 Å². The molecule has 5 heteroatoms. The van der Waals surface area contributed by atoms with Gasteiger partial charge in [-0.2, -0.15) is 0 Å². The normalized spacial score (nSPS) is 10.8. The Hall–Kier alpha value is -2.40. The number of nitrogens with one attached hydrogen (secondary N) is 1. The molecule has 0 saturated carbocycles. The molecule has 0 aliphatic carbocycles. The number of benzene rings is 2. The molecule has 0 aliphatic rings. The zero-order chi connectivity index (χ0) is 15.0. The predicted molar refractivity (Wildman–Crippen MR) is 85.3 cm³/mol. The van der Waals surface area contributed by atoms with Crippen LogP contribution in [0.15, 0.2) is 42.5 Å². The van der Waals surface area contributed by atoms with E-state index in [1.807, 2.05) is 19.1 Å². The van der Waals surface area contributed by atoms with Crippen molar-refractivity contribution in [2.45, 2.75) is 6.92 Å². The third kappa shape index (κ3) is 2.73. The van der Waals surface area contributed by atoms with Crippen LogP contribution in [0.25, 0.3) is 10.1 Å². The van der Waals surface area contributed by atoms with Crippen molar-refractivity contribution in [1.82, 2.24) is 0 Å². The molecule has 1 amide bonds. The van der Waals surface area contributed by atoms with Crippen molar-refractivity contribution in [3.63, 3.8) is 0 Å². The van der Waals surface area contributed by atoms with E-state index in [4.69, 9.17) is 5.73 Å². The number of nitrogen functional groups attached to an aromatic ring is 1. The van der Waals surface area contributed by atoms with Gasteiger partial charge in [0.2, 0.25) is 0 Å². The summed E-state index contributed by atoms with van der Waals surface area (Å²) < 4.78 is 13.9. The first-order chi connectivity index (χ1) is 10.0. The number of nitrogens with two attached hydrogens (primary N) is 1. The molecule has 0 atom stereocenters. The van der Waals surface area contributed by atoms with E-state index in [9.17, 15) is 9.18 Å². The number of fused-ring (bicyclic) bond motifs is 1. The van der Waals surface area contributed by atoms with Gasteiger partial charge in [-0.15, -0.1) is 11.3 Å². The van der Waals surface area contributed by atoms with Crippen molar-refractivity contribution in [1.29, 1.82) is 0 Å². The molecule has 2 aromatic carbocycles. The molecule has 21 heavy (non-hydrogen) atoms. The summed E-state index contributed by atoms with van der Waals surface area (Å²) in [6.07, 6.45) is 0. The van der Waals surface area contributed by atoms with Crippen LogP contribution in [0.5, 0.6) is 0 Å². The second-order valence-corrected chi connectivity index (χ2v) is 5.92. The summed E-state index contributed by atoms with van der Waals surface area (Å²) in [5.74, 6) is -0.548. The molecule has 3 N–H and O–H groups in total. The number of carbonyl (C=O) groups is 1. The Kier molecular flexibility index (Phi) is 3.35. The monoisotopic (exact) mass is 300 g/mol. The summed E-state index contributed by atoms with van der Waals surface area (Å²) in [5.41, 5.74) is 7.96. The highest BCUT2D eigenvalue weighted by Crippen LogP contribution is 2.28. The zero-order valence-electron chi connectivity index (χ0n) is 11.3. The highest BCUT2D eigenvalue weighted by Gasteiger charge is 2.12. The van der Waals surface area contributed by atoms with E-state index in [2.05, 4.69) is 5.32 Å². The number of anilines is 2. The highest BCUT2D eigenvalue weighted by molar-refractivity contribution is 7.20. The molecule has 0 bridgehead atoms. The van der Waals surface area contributed by atoms with Crippen LogP contribution in [0.2, 0.25) is 0 Å².